The quantitative estimate of drug-likeness (QED) is 0.825. The van der Waals surface area contributed by atoms with Crippen molar-refractivity contribution in [1.29, 1.82) is 0 Å². The molecule has 1 heterocycles. The minimum atomic E-state index is 0.157. The summed E-state index contributed by atoms with van der Waals surface area (Å²) in [5.74, 6) is 0.883. The Labute approximate surface area is 124 Å². The van der Waals surface area contributed by atoms with Crippen molar-refractivity contribution in [1.82, 2.24) is 4.90 Å². The van der Waals surface area contributed by atoms with Crippen molar-refractivity contribution in [2.45, 2.75) is 51.5 Å². The number of likely N-dealkylation sites (tertiary alicyclic amines) is 1. The summed E-state index contributed by atoms with van der Waals surface area (Å²) in [6.07, 6.45) is 6.24. The van der Waals surface area contributed by atoms with Crippen LogP contribution in [0, 0.1) is 5.92 Å². The van der Waals surface area contributed by atoms with Crippen LogP contribution in [-0.2, 0) is 6.42 Å². The van der Waals surface area contributed by atoms with Crippen LogP contribution in [0.15, 0.2) is 30.3 Å². The van der Waals surface area contributed by atoms with E-state index in [0.717, 1.165) is 25.3 Å². The molecular formula is C18H30N2. The topological polar surface area (TPSA) is 29.3 Å². The maximum atomic E-state index is 6.22. The van der Waals surface area contributed by atoms with Crippen molar-refractivity contribution < 1.29 is 0 Å². The zero-order valence-electron chi connectivity index (χ0n) is 13.1. The van der Waals surface area contributed by atoms with E-state index >= 15 is 0 Å². The van der Waals surface area contributed by atoms with Crippen LogP contribution in [0.3, 0.4) is 0 Å². The number of benzene rings is 1. The van der Waals surface area contributed by atoms with E-state index in [1.807, 2.05) is 0 Å². The zero-order chi connectivity index (χ0) is 14.4. The number of hydrogen-bond donors (Lipinski definition) is 1. The minimum Gasteiger partial charge on any atom is -0.329 e. The monoisotopic (exact) mass is 274 g/mol. The molecule has 1 aliphatic rings. The summed E-state index contributed by atoms with van der Waals surface area (Å²) < 4.78 is 0. The lowest BCUT2D eigenvalue weighted by Gasteiger charge is -2.41. The first-order valence-electron chi connectivity index (χ1n) is 8.23. The van der Waals surface area contributed by atoms with Gasteiger partial charge in [0.1, 0.15) is 0 Å². The van der Waals surface area contributed by atoms with Crippen LogP contribution < -0.4 is 5.73 Å². The molecule has 2 unspecified atom stereocenters. The van der Waals surface area contributed by atoms with Crippen molar-refractivity contribution in [2.24, 2.45) is 11.7 Å². The van der Waals surface area contributed by atoms with Crippen molar-refractivity contribution in [2.75, 3.05) is 19.6 Å². The third-order valence-corrected chi connectivity index (χ3v) is 5.07. The molecule has 0 aromatic heterocycles. The Hall–Kier alpha value is -0.860. The summed E-state index contributed by atoms with van der Waals surface area (Å²) in [6, 6.07) is 10.8. The summed E-state index contributed by atoms with van der Waals surface area (Å²) in [4.78, 5) is 2.68. The highest BCUT2D eigenvalue weighted by Gasteiger charge is 2.38. The zero-order valence-corrected chi connectivity index (χ0v) is 13.1. The molecule has 2 rings (SSSR count). The minimum absolute atomic E-state index is 0.157. The second kappa shape index (κ2) is 7.24. The van der Waals surface area contributed by atoms with Gasteiger partial charge in [-0.3, -0.25) is 4.90 Å². The Morgan fingerprint density at radius 1 is 1.25 bits per heavy atom. The van der Waals surface area contributed by atoms with Crippen LogP contribution in [0.1, 0.15) is 45.1 Å². The van der Waals surface area contributed by atoms with Crippen molar-refractivity contribution in [3.63, 3.8) is 0 Å². The molecule has 1 aliphatic heterocycles. The molecule has 0 amide bonds. The average Bonchev–Trinajstić information content (AvgIpc) is 2.95. The van der Waals surface area contributed by atoms with Crippen LogP contribution in [0.25, 0.3) is 0 Å². The lowest BCUT2D eigenvalue weighted by Crippen LogP contribution is -2.54. The maximum Gasteiger partial charge on any atom is 0.0369 e. The number of rotatable bonds is 7. The number of hydrogen-bond acceptors (Lipinski definition) is 2. The van der Waals surface area contributed by atoms with Gasteiger partial charge in [0.05, 0.1) is 0 Å². The van der Waals surface area contributed by atoms with E-state index in [-0.39, 0.29) is 5.54 Å². The molecule has 1 fully saturated rings. The van der Waals surface area contributed by atoms with Crippen molar-refractivity contribution in [3.8, 4) is 0 Å². The van der Waals surface area contributed by atoms with Gasteiger partial charge in [0, 0.05) is 18.6 Å². The van der Waals surface area contributed by atoms with Crippen molar-refractivity contribution in [3.05, 3.63) is 35.9 Å². The van der Waals surface area contributed by atoms with E-state index in [0.29, 0.717) is 0 Å². The second-order valence-electron chi connectivity index (χ2n) is 6.33. The van der Waals surface area contributed by atoms with Gasteiger partial charge < -0.3 is 5.73 Å². The van der Waals surface area contributed by atoms with Crippen LogP contribution in [-0.4, -0.2) is 30.1 Å². The average molecular weight is 274 g/mol. The fraction of sp³-hybridized carbons (Fsp3) is 0.667. The third-order valence-electron chi connectivity index (χ3n) is 5.07. The molecule has 2 N–H and O–H groups in total. The smallest absolute Gasteiger partial charge is 0.0369 e. The molecule has 2 heteroatoms. The van der Waals surface area contributed by atoms with Crippen LogP contribution in [0.2, 0.25) is 0 Å². The van der Waals surface area contributed by atoms with Crippen LogP contribution in [0.4, 0.5) is 0 Å². The van der Waals surface area contributed by atoms with E-state index in [2.05, 4.69) is 49.1 Å². The molecule has 2 nitrogen and oxygen atoms in total. The molecule has 1 saturated heterocycles. The summed E-state index contributed by atoms with van der Waals surface area (Å²) in [7, 11) is 0. The highest BCUT2D eigenvalue weighted by atomic mass is 15.2. The first-order valence-corrected chi connectivity index (χ1v) is 8.23. The Bertz CT molecular complexity index is 384. The largest absolute Gasteiger partial charge is 0.329 e. The van der Waals surface area contributed by atoms with Gasteiger partial charge in [0.25, 0.3) is 0 Å². The Morgan fingerprint density at radius 3 is 2.60 bits per heavy atom. The first kappa shape index (κ1) is 15.5. The predicted molar refractivity (Wildman–Crippen MR) is 86.8 cm³/mol. The van der Waals surface area contributed by atoms with Gasteiger partial charge in [0.2, 0.25) is 0 Å². The molecule has 0 radical (unpaired) electrons. The van der Waals surface area contributed by atoms with E-state index in [4.69, 9.17) is 5.73 Å². The third kappa shape index (κ3) is 3.42. The molecule has 2 atom stereocenters. The standard InChI is InChI=1S/C18H30N2/c1-3-8-17-11-12-20(14-17)18(4-2,15-19)13-16-9-6-5-7-10-16/h5-7,9-10,17H,3-4,8,11-15,19H2,1-2H3. The Kier molecular flexibility index (Phi) is 5.62. The van der Waals surface area contributed by atoms with Gasteiger partial charge in [-0.1, -0.05) is 50.6 Å². The molecule has 1 aromatic rings. The first-order chi connectivity index (χ1) is 9.74. The highest BCUT2D eigenvalue weighted by molar-refractivity contribution is 5.18. The van der Waals surface area contributed by atoms with Crippen LogP contribution in [0.5, 0.6) is 0 Å². The van der Waals surface area contributed by atoms with Gasteiger partial charge in [-0.2, -0.15) is 0 Å². The number of nitrogens with zero attached hydrogens (tertiary/aromatic N) is 1. The normalized spacial score (nSPS) is 22.9. The van der Waals surface area contributed by atoms with Gasteiger partial charge in [-0.05, 0) is 43.7 Å². The molecule has 0 saturated carbocycles. The maximum absolute atomic E-state index is 6.22. The molecule has 1 aromatic carbocycles. The highest BCUT2D eigenvalue weighted by Crippen LogP contribution is 2.31. The van der Waals surface area contributed by atoms with Gasteiger partial charge in [-0.15, -0.1) is 0 Å². The summed E-state index contributed by atoms with van der Waals surface area (Å²) in [5, 5.41) is 0. The van der Waals surface area contributed by atoms with Gasteiger partial charge >= 0.3 is 0 Å². The van der Waals surface area contributed by atoms with Gasteiger partial charge in [0.15, 0.2) is 0 Å². The lowest BCUT2D eigenvalue weighted by atomic mass is 9.86. The molecular weight excluding hydrogens is 244 g/mol. The number of nitrogens with two attached hydrogens (primary N) is 1. The fourth-order valence-electron chi connectivity index (χ4n) is 3.69. The van der Waals surface area contributed by atoms with Crippen molar-refractivity contribution >= 4 is 0 Å². The summed E-state index contributed by atoms with van der Waals surface area (Å²) in [6.45, 7) is 7.82. The van der Waals surface area contributed by atoms with Crippen LogP contribution >= 0.6 is 0 Å². The molecule has 0 spiro atoms. The van der Waals surface area contributed by atoms with E-state index in [1.165, 1.54) is 37.9 Å². The van der Waals surface area contributed by atoms with E-state index in [9.17, 15) is 0 Å². The van der Waals surface area contributed by atoms with E-state index in [1.54, 1.807) is 0 Å². The second-order valence-corrected chi connectivity index (χ2v) is 6.33. The molecule has 20 heavy (non-hydrogen) atoms. The fourth-order valence-corrected chi connectivity index (χ4v) is 3.69. The van der Waals surface area contributed by atoms with E-state index < -0.39 is 0 Å². The molecule has 112 valence electrons. The Morgan fingerprint density at radius 2 is 2.00 bits per heavy atom. The summed E-state index contributed by atoms with van der Waals surface area (Å²) >= 11 is 0. The molecule has 0 aliphatic carbocycles. The molecule has 0 bridgehead atoms. The van der Waals surface area contributed by atoms with Gasteiger partial charge in [-0.25, -0.2) is 0 Å². The lowest BCUT2D eigenvalue weighted by molar-refractivity contribution is 0.113. The summed E-state index contributed by atoms with van der Waals surface area (Å²) in [5.41, 5.74) is 7.80. The predicted octanol–water partition coefficient (Wildman–Crippen LogP) is 3.46. The SMILES string of the molecule is CCCC1CCN(C(CC)(CN)Cc2ccccc2)C1. The Balaban J connectivity index is 2.09.